The Morgan fingerprint density at radius 2 is 1.77 bits per heavy atom. The monoisotopic (exact) mass is 629 g/mol. The quantitative estimate of drug-likeness (QED) is 0.456. The van der Waals surface area contributed by atoms with Crippen LogP contribution in [0.1, 0.15) is 49.8 Å². The Labute approximate surface area is 264 Å². The molecule has 2 aromatic rings. The Morgan fingerprint density at radius 1 is 1.02 bits per heavy atom. The molecule has 3 heterocycles. The maximum atomic E-state index is 14.7. The third-order valence-electron chi connectivity index (χ3n) is 9.33. The van der Waals surface area contributed by atoms with Crippen LogP contribution in [0.15, 0.2) is 41.8 Å². The Kier molecular flexibility index (Phi) is 11.0. The number of thiophene rings is 1. The highest BCUT2D eigenvalue weighted by molar-refractivity contribution is 7.09. The summed E-state index contributed by atoms with van der Waals surface area (Å²) in [6, 6.07) is 9.96. The van der Waals surface area contributed by atoms with Gasteiger partial charge in [-0.3, -0.25) is 14.5 Å². The van der Waals surface area contributed by atoms with E-state index in [0.717, 1.165) is 43.6 Å². The van der Waals surface area contributed by atoms with Crippen LogP contribution in [-0.4, -0.2) is 102 Å². The fourth-order valence-electron chi connectivity index (χ4n) is 6.77. The second-order valence-electron chi connectivity index (χ2n) is 12.1. The highest BCUT2D eigenvalue weighted by Gasteiger charge is 2.44. The van der Waals surface area contributed by atoms with Crippen molar-refractivity contribution in [2.45, 2.75) is 69.6 Å². The van der Waals surface area contributed by atoms with Crippen LogP contribution in [0.2, 0.25) is 5.02 Å². The number of rotatable bonds is 8. The van der Waals surface area contributed by atoms with Crippen molar-refractivity contribution in [3.05, 3.63) is 51.7 Å². The number of para-hydroxylation sites is 1. The number of hydrogen-bond acceptors (Lipinski definition) is 7. The Hall–Kier alpha value is -2.66. The molecule has 9 nitrogen and oxygen atoms in total. The molecule has 0 spiro atoms. The number of amides is 3. The number of halogens is 1. The number of hydrogen-bond donors (Lipinski definition) is 1. The van der Waals surface area contributed by atoms with E-state index in [2.05, 4.69) is 29.2 Å². The van der Waals surface area contributed by atoms with Gasteiger partial charge in [-0.2, -0.15) is 0 Å². The number of piperazine rings is 1. The van der Waals surface area contributed by atoms with Gasteiger partial charge in [0.1, 0.15) is 6.04 Å². The minimum Gasteiger partial charge on any atom is -0.409 e. The molecule has 2 saturated heterocycles. The van der Waals surface area contributed by atoms with E-state index >= 15 is 0 Å². The zero-order chi connectivity index (χ0) is 30.3. The number of nitrogens with zero attached hydrogens (tertiary/aromatic N) is 4. The van der Waals surface area contributed by atoms with E-state index in [1.54, 1.807) is 40.5 Å². The van der Waals surface area contributed by atoms with E-state index in [1.807, 2.05) is 17.5 Å². The maximum absolute atomic E-state index is 14.7. The summed E-state index contributed by atoms with van der Waals surface area (Å²) in [5.41, 5.74) is 0. The molecule has 43 heavy (non-hydrogen) atoms. The van der Waals surface area contributed by atoms with Gasteiger partial charge < -0.3 is 24.8 Å². The Bertz CT molecular complexity index is 1230. The molecule has 2 atom stereocenters. The SMILES string of the molecule is CN1CCC([C@H](C(=O)N2CCN(C(=O)Oc3ccccc3Cl)C[C@H]2C(=O)NCc2cccs2)N(C)C2CCCCC2)CC1. The molecule has 1 aromatic heterocycles. The van der Waals surface area contributed by atoms with E-state index in [0.29, 0.717) is 17.6 Å². The zero-order valence-corrected chi connectivity index (χ0v) is 26.8. The summed E-state index contributed by atoms with van der Waals surface area (Å²) in [5.74, 6) is 0.217. The number of benzene rings is 1. The molecule has 1 aliphatic carbocycles. The first-order valence-corrected chi connectivity index (χ1v) is 16.8. The van der Waals surface area contributed by atoms with E-state index in [-0.39, 0.29) is 49.2 Å². The van der Waals surface area contributed by atoms with Crippen LogP contribution in [0.3, 0.4) is 0 Å². The van der Waals surface area contributed by atoms with E-state index in [1.165, 1.54) is 24.2 Å². The zero-order valence-electron chi connectivity index (χ0n) is 25.3. The minimum atomic E-state index is -0.825. The van der Waals surface area contributed by atoms with Crippen LogP contribution in [0.25, 0.3) is 0 Å². The number of carbonyl (C=O) groups excluding carboxylic acids is 3. The predicted molar refractivity (Wildman–Crippen MR) is 169 cm³/mol. The molecule has 3 amide bonds. The van der Waals surface area contributed by atoms with Gasteiger partial charge in [-0.25, -0.2) is 4.79 Å². The first-order valence-electron chi connectivity index (χ1n) is 15.5. The molecule has 11 heteroatoms. The van der Waals surface area contributed by atoms with Crippen LogP contribution in [0, 0.1) is 5.92 Å². The molecule has 0 radical (unpaired) electrons. The summed E-state index contributed by atoms with van der Waals surface area (Å²) in [7, 11) is 4.24. The average Bonchev–Trinajstić information content (AvgIpc) is 3.56. The molecule has 1 N–H and O–H groups in total. The number of piperidine rings is 1. The number of ether oxygens (including phenoxy) is 1. The van der Waals surface area contributed by atoms with E-state index in [4.69, 9.17) is 16.3 Å². The maximum Gasteiger partial charge on any atom is 0.415 e. The standard InChI is InChI=1S/C32H44ClN5O4S/c1-35-16-14-23(15-17-35)29(36(2)24-9-4-3-5-10-24)31(40)38-19-18-37(32(41)42-28-13-7-6-12-26(28)33)22-27(38)30(39)34-21-25-11-8-20-43-25/h6-8,11-13,20,23-24,27,29H,3-5,9-10,14-19,21-22H2,1-2H3,(H,34,39)/t27-,29+/m0/s1. The molecule has 0 bridgehead atoms. The Morgan fingerprint density at radius 3 is 2.47 bits per heavy atom. The summed E-state index contributed by atoms with van der Waals surface area (Å²) in [6.07, 6.45) is 7.12. The molecule has 2 aliphatic heterocycles. The van der Waals surface area contributed by atoms with E-state index < -0.39 is 12.1 Å². The second kappa shape index (κ2) is 14.9. The minimum absolute atomic E-state index is 0.00183. The molecular formula is C32H44ClN5O4S. The van der Waals surface area contributed by atoms with Crippen molar-refractivity contribution >= 4 is 40.8 Å². The van der Waals surface area contributed by atoms with Gasteiger partial charge in [-0.1, -0.05) is 49.1 Å². The number of nitrogens with one attached hydrogen (secondary N) is 1. The van der Waals surface area contributed by atoms with Crippen molar-refractivity contribution < 1.29 is 19.1 Å². The largest absolute Gasteiger partial charge is 0.415 e. The van der Waals surface area contributed by atoms with Crippen LogP contribution in [-0.2, 0) is 16.1 Å². The number of likely N-dealkylation sites (tertiary alicyclic amines) is 1. The van der Waals surface area contributed by atoms with Gasteiger partial charge in [0.05, 0.1) is 24.2 Å². The van der Waals surface area contributed by atoms with Gasteiger partial charge >= 0.3 is 6.09 Å². The normalized spacial score (nSPS) is 21.5. The van der Waals surface area contributed by atoms with Crippen LogP contribution >= 0.6 is 22.9 Å². The molecule has 5 rings (SSSR count). The topological polar surface area (TPSA) is 85.4 Å². The predicted octanol–water partition coefficient (Wildman–Crippen LogP) is 4.70. The summed E-state index contributed by atoms with van der Waals surface area (Å²) >= 11 is 7.80. The average molecular weight is 630 g/mol. The summed E-state index contributed by atoms with van der Waals surface area (Å²) in [6.45, 7) is 2.88. The summed E-state index contributed by atoms with van der Waals surface area (Å²) in [4.78, 5) is 50.6. The van der Waals surface area contributed by atoms with Crippen molar-refractivity contribution in [1.82, 2.24) is 24.9 Å². The molecule has 1 aromatic carbocycles. The van der Waals surface area contributed by atoms with Gasteiger partial charge in [0.15, 0.2) is 5.75 Å². The van der Waals surface area contributed by atoms with Crippen molar-refractivity contribution in [3.63, 3.8) is 0 Å². The lowest BCUT2D eigenvalue weighted by Crippen LogP contribution is -2.66. The highest BCUT2D eigenvalue weighted by atomic mass is 35.5. The lowest BCUT2D eigenvalue weighted by atomic mass is 9.84. The van der Waals surface area contributed by atoms with Crippen molar-refractivity contribution in [2.75, 3.05) is 46.8 Å². The molecule has 3 aliphatic rings. The molecule has 0 unspecified atom stereocenters. The molecular weight excluding hydrogens is 586 g/mol. The lowest BCUT2D eigenvalue weighted by molar-refractivity contribution is -0.150. The van der Waals surface area contributed by atoms with Crippen LogP contribution < -0.4 is 10.1 Å². The molecule has 234 valence electrons. The molecule has 1 saturated carbocycles. The van der Waals surface area contributed by atoms with Gasteiger partial charge in [0.25, 0.3) is 0 Å². The number of likely N-dealkylation sites (N-methyl/N-ethyl adjacent to an activating group) is 1. The fraction of sp³-hybridized carbons (Fsp3) is 0.594. The fourth-order valence-corrected chi connectivity index (χ4v) is 7.59. The van der Waals surface area contributed by atoms with Gasteiger partial charge in [-0.05, 0) is 82.4 Å². The molecule has 3 fully saturated rings. The van der Waals surface area contributed by atoms with Crippen molar-refractivity contribution in [1.29, 1.82) is 0 Å². The third kappa shape index (κ3) is 7.90. The smallest absolute Gasteiger partial charge is 0.409 e. The first kappa shape index (κ1) is 31.8. The number of carbonyl (C=O) groups is 3. The van der Waals surface area contributed by atoms with Gasteiger partial charge in [-0.15, -0.1) is 11.3 Å². The van der Waals surface area contributed by atoms with Crippen LogP contribution in [0.5, 0.6) is 5.75 Å². The van der Waals surface area contributed by atoms with Gasteiger partial charge in [0.2, 0.25) is 11.8 Å². The van der Waals surface area contributed by atoms with Crippen molar-refractivity contribution in [3.8, 4) is 5.75 Å². The summed E-state index contributed by atoms with van der Waals surface area (Å²) < 4.78 is 5.61. The van der Waals surface area contributed by atoms with E-state index in [9.17, 15) is 14.4 Å². The Balaban J connectivity index is 1.37. The lowest BCUT2D eigenvalue weighted by Gasteiger charge is -2.47. The highest BCUT2D eigenvalue weighted by Crippen LogP contribution is 2.31. The van der Waals surface area contributed by atoms with Gasteiger partial charge in [0, 0.05) is 24.0 Å². The second-order valence-corrected chi connectivity index (χ2v) is 13.6. The third-order valence-corrected chi connectivity index (χ3v) is 10.5. The summed E-state index contributed by atoms with van der Waals surface area (Å²) in [5, 5.41) is 5.34. The van der Waals surface area contributed by atoms with Crippen LogP contribution in [0.4, 0.5) is 4.79 Å². The first-order chi connectivity index (χ1) is 20.8. The van der Waals surface area contributed by atoms with Crippen molar-refractivity contribution in [2.24, 2.45) is 5.92 Å².